The van der Waals surface area contributed by atoms with Gasteiger partial charge >= 0.3 is 6.03 Å². The van der Waals surface area contributed by atoms with E-state index in [2.05, 4.69) is 9.98 Å². The monoisotopic (exact) mass is 421 g/mol. The smallest absolute Gasteiger partial charge is 0.340 e. The number of halogens is 1. The Morgan fingerprint density at radius 3 is 2.29 bits per heavy atom. The Morgan fingerprint density at radius 1 is 0.935 bits per heavy atom. The van der Waals surface area contributed by atoms with Crippen molar-refractivity contribution in [1.82, 2.24) is 14.8 Å². The number of carbonyl (C=O) groups is 3. The summed E-state index contributed by atoms with van der Waals surface area (Å²) >= 11 is 0. The number of H-pyrrole nitrogens is 1. The van der Waals surface area contributed by atoms with Crippen LogP contribution in [0.5, 0.6) is 0 Å². The molecule has 2 heterocycles. The Balaban J connectivity index is 1.49. The molecule has 4 rings (SSSR count). The van der Waals surface area contributed by atoms with Crippen LogP contribution in [0.1, 0.15) is 15.9 Å². The molecule has 158 valence electrons. The largest absolute Gasteiger partial charge is 0.360 e. The van der Waals surface area contributed by atoms with Crippen LogP contribution < -0.4 is 5.73 Å². The lowest BCUT2D eigenvalue weighted by molar-refractivity contribution is -0.127. The predicted molar refractivity (Wildman–Crippen MR) is 113 cm³/mol. The van der Waals surface area contributed by atoms with Crippen molar-refractivity contribution in [3.05, 3.63) is 71.7 Å². The molecule has 9 heteroatoms. The highest BCUT2D eigenvalue weighted by Crippen LogP contribution is 2.23. The van der Waals surface area contributed by atoms with E-state index in [0.29, 0.717) is 24.4 Å². The van der Waals surface area contributed by atoms with Gasteiger partial charge in [0.25, 0.3) is 11.7 Å². The van der Waals surface area contributed by atoms with Gasteiger partial charge in [0, 0.05) is 48.8 Å². The summed E-state index contributed by atoms with van der Waals surface area (Å²) < 4.78 is 14.2. The molecule has 0 spiro atoms. The molecule has 2 aromatic carbocycles. The molecule has 31 heavy (non-hydrogen) atoms. The Hall–Kier alpha value is -4.01. The molecule has 1 aromatic heterocycles. The molecule has 0 bridgehead atoms. The molecular formula is C22H20FN5O3. The molecule has 8 nitrogen and oxygen atoms in total. The molecule has 1 aliphatic heterocycles. The number of Topliss-reactive ketones (excluding diaryl/α,β-unsaturated/α-hetero) is 1. The van der Waals surface area contributed by atoms with Gasteiger partial charge in [0.1, 0.15) is 11.7 Å². The maximum atomic E-state index is 14.2. The summed E-state index contributed by atoms with van der Waals surface area (Å²) in [6, 6.07) is 12.7. The average molecular weight is 421 g/mol. The third kappa shape index (κ3) is 4.02. The number of aromatic amines is 1. The van der Waals surface area contributed by atoms with Crippen molar-refractivity contribution in [2.24, 2.45) is 10.7 Å². The number of hydrogen-bond acceptors (Lipinski definition) is 3. The van der Waals surface area contributed by atoms with E-state index in [1.165, 1.54) is 23.2 Å². The molecule has 3 aromatic rings. The first-order valence-corrected chi connectivity index (χ1v) is 9.73. The molecule has 0 atom stereocenters. The highest BCUT2D eigenvalue weighted by molar-refractivity contribution is 6.44. The normalized spacial score (nSPS) is 14.7. The van der Waals surface area contributed by atoms with Crippen LogP contribution in [0.3, 0.4) is 0 Å². The van der Waals surface area contributed by atoms with E-state index in [-0.39, 0.29) is 24.0 Å². The number of hydrogen-bond donors (Lipinski definition) is 2. The second kappa shape index (κ2) is 8.39. The van der Waals surface area contributed by atoms with Crippen LogP contribution in [0.15, 0.2) is 59.7 Å². The van der Waals surface area contributed by atoms with E-state index in [1.54, 1.807) is 6.07 Å². The number of ketones is 1. The number of amidine groups is 1. The van der Waals surface area contributed by atoms with E-state index in [0.717, 1.165) is 5.56 Å². The lowest BCUT2D eigenvalue weighted by atomic mass is 10.1. The number of piperazine rings is 1. The number of carbonyl (C=O) groups excluding carboxylic acids is 3. The number of nitrogens with zero attached hydrogens (tertiary/aromatic N) is 3. The molecule has 3 amide bonds. The maximum Gasteiger partial charge on any atom is 0.340 e. The van der Waals surface area contributed by atoms with Crippen LogP contribution in [0.2, 0.25) is 0 Å². The first kappa shape index (κ1) is 20.3. The molecule has 0 radical (unpaired) electrons. The quantitative estimate of drug-likeness (QED) is 0.292. The number of fused-ring (bicyclic) bond motifs is 1. The summed E-state index contributed by atoms with van der Waals surface area (Å²) in [6.45, 7) is 1.23. The number of aliphatic imine (C=N–C) groups is 1. The Kier molecular flexibility index (Phi) is 5.48. The van der Waals surface area contributed by atoms with Gasteiger partial charge in [-0.05, 0) is 12.1 Å². The third-order valence-electron chi connectivity index (χ3n) is 5.21. The highest BCUT2D eigenvalue weighted by Gasteiger charge is 2.30. The van der Waals surface area contributed by atoms with Crippen molar-refractivity contribution in [3.63, 3.8) is 0 Å². The van der Waals surface area contributed by atoms with Crippen molar-refractivity contribution >= 4 is 34.5 Å². The van der Waals surface area contributed by atoms with Gasteiger partial charge in [0.05, 0.1) is 5.56 Å². The first-order valence-electron chi connectivity index (χ1n) is 9.73. The number of nitrogens with two attached hydrogens (primary N) is 1. The van der Waals surface area contributed by atoms with E-state index < -0.39 is 23.5 Å². The van der Waals surface area contributed by atoms with Gasteiger partial charge in [-0.15, -0.1) is 0 Å². The zero-order chi connectivity index (χ0) is 22.0. The molecule has 1 fully saturated rings. The summed E-state index contributed by atoms with van der Waals surface area (Å²) in [5.41, 5.74) is 6.47. The van der Waals surface area contributed by atoms with E-state index >= 15 is 0 Å². The second-order valence-electron chi connectivity index (χ2n) is 7.11. The maximum absolute atomic E-state index is 14.2. The summed E-state index contributed by atoms with van der Waals surface area (Å²) in [7, 11) is 0. The molecule has 0 unspecified atom stereocenters. The summed E-state index contributed by atoms with van der Waals surface area (Å²) in [4.78, 5) is 47.0. The zero-order valence-electron chi connectivity index (χ0n) is 16.5. The third-order valence-corrected chi connectivity index (χ3v) is 5.21. The van der Waals surface area contributed by atoms with Crippen molar-refractivity contribution < 1.29 is 18.8 Å². The van der Waals surface area contributed by atoms with Crippen molar-refractivity contribution in [1.29, 1.82) is 0 Å². The van der Waals surface area contributed by atoms with Crippen molar-refractivity contribution in [3.8, 4) is 0 Å². The standard InChI is InChI=1S/C22H20FN5O3/c23-16-7-4-8-17-18(16)15(13-25-17)19(29)21(30)28-11-9-27(10-12-28)20(26-22(24)31)14-5-2-1-3-6-14/h1-8,13,25H,9-12H2,(H2,24,31)/b26-20+. The Bertz CT molecular complexity index is 1180. The van der Waals surface area contributed by atoms with Crippen LogP contribution in [0.4, 0.5) is 9.18 Å². The van der Waals surface area contributed by atoms with Crippen LogP contribution in [0.25, 0.3) is 10.9 Å². The molecule has 1 saturated heterocycles. The zero-order valence-corrected chi connectivity index (χ0v) is 16.5. The van der Waals surface area contributed by atoms with Crippen LogP contribution in [-0.2, 0) is 4.79 Å². The van der Waals surface area contributed by atoms with E-state index in [4.69, 9.17) is 5.73 Å². The van der Waals surface area contributed by atoms with Gasteiger partial charge in [-0.2, -0.15) is 4.99 Å². The fourth-order valence-electron chi connectivity index (χ4n) is 3.71. The van der Waals surface area contributed by atoms with Crippen molar-refractivity contribution in [2.75, 3.05) is 26.2 Å². The van der Waals surface area contributed by atoms with Gasteiger partial charge in [-0.25, -0.2) is 9.18 Å². The lowest BCUT2D eigenvalue weighted by Gasteiger charge is -2.36. The minimum absolute atomic E-state index is 0.0146. The van der Waals surface area contributed by atoms with Crippen LogP contribution in [-0.4, -0.2) is 64.5 Å². The molecule has 0 aliphatic carbocycles. The number of benzene rings is 2. The summed E-state index contributed by atoms with van der Waals surface area (Å²) in [5, 5.41) is 0.111. The molecule has 3 N–H and O–H groups in total. The number of aromatic nitrogens is 1. The lowest BCUT2D eigenvalue weighted by Crippen LogP contribution is -2.52. The molecule has 1 aliphatic rings. The number of urea groups is 1. The van der Waals surface area contributed by atoms with Crippen LogP contribution >= 0.6 is 0 Å². The van der Waals surface area contributed by atoms with Gasteiger partial charge in [-0.1, -0.05) is 36.4 Å². The van der Waals surface area contributed by atoms with Crippen molar-refractivity contribution in [2.45, 2.75) is 0 Å². The van der Waals surface area contributed by atoms with Gasteiger partial charge in [0.15, 0.2) is 0 Å². The van der Waals surface area contributed by atoms with E-state index in [1.807, 2.05) is 35.2 Å². The average Bonchev–Trinajstić information content (AvgIpc) is 3.23. The number of rotatable bonds is 3. The highest BCUT2D eigenvalue weighted by atomic mass is 19.1. The van der Waals surface area contributed by atoms with E-state index in [9.17, 15) is 18.8 Å². The topological polar surface area (TPSA) is 112 Å². The van der Waals surface area contributed by atoms with Gasteiger partial charge in [0.2, 0.25) is 0 Å². The Morgan fingerprint density at radius 2 is 1.61 bits per heavy atom. The number of primary amides is 1. The minimum atomic E-state index is -0.811. The van der Waals surface area contributed by atoms with Crippen LogP contribution in [0, 0.1) is 5.82 Å². The Labute approximate surface area is 177 Å². The molecular weight excluding hydrogens is 401 g/mol. The summed E-state index contributed by atoms with van der Waals surface area (Å²) in [6.07, 6.45) is 1.36. The molecule has 0 saturated carbocycles. The minimum Gasteiger partial charge on any atom is -0.360 e. The first-order chi connectivity index (χ1) is 15.0. The second-order valence-corrected chi connectivity index (χ2v) is 7.11. The summed E-state index contributed by atoms with van der Waals surface area (Å²) in [5.74, 6) is -1.60. The number of amides is 3. The fourth-order valence-corrected chi connectivity index (χ4v) is 3.71. The predicted octanol–water partition coefficient (Wildman–Crippen LogP) is 2.16. The fraction of sp³-hybridized carbons (Fsp3) is 0.182. The van der Waals surface area contributed by atoms with Gasteiger partial charge in [-0.3, -0.25) is 9.59 Å². The SMILES string of the molecule is NC(=O)/N=C(\c1ccccc1)N1CCN(C(=O)C(=O)c2c[nH]c3cccc(F)c23)CC1. The number of nitrogens with one attached hydrogen (secondary N) is 1. The van der Waals surface area contributed by atoms with Gasteiger partial charge < -0.3 is 20.5 Å².